The van der Waals surface area contributed by atoms with Gasteiger partial charge in [0.05, 0.1) is 11.4 Å². The first-order valence-corrected chi connectivity index (χ1v) is 18.9. The molecule has 0 atom stereocenters. The number of benzene rings is 4. The molecule has 8 aromatic rings. The lowest BCUT2D eigenvalue weighted by Crippen LogP contribution is -2.22. The summed E-state index contributed by atoms with van der Waals surface area (Å²) in [5.74, 6) is 0.831. The molecule has 4 aromatic carbocycles. The Labute approximate surface area is 330 Å². The van der Waals surface area contributed by atoms with Crippen LogP contribution in [0.4, 0.5) is 11.4 Å². The largest absolute Gasteiger partial charge is 0.322 e. The Morgan fingerprint density at radius 3 is 1.65 bits per heavy atom. The van der Waals surface area contributed by atoms with Gasteiger partial charge in [0.15, 0.2) is 22.9 Å². The highest BCUT2D eigenvalue weighted by Gasteiger charge is 2.28. The van der Waals surface area contributed by atoms with Crippen molar-refractivity contribution in [3.05, 3.63) is 141 Å². The van der Waals surface area contributed by atoms with Crippen LogP contribution in [0.3, 0.4) is 0 Å². The predicted octanol–water partition coefficient (Wildman–Crippen LogP) is 8.09. The summed E-state index contributed by atoms with van der Waals surface area (Å²) in [4.78, 5) is 34.4. The van der Waals surface area contributed by atoms with Crippen molar-refractivity contribution in [2.45, 2.75) is 66.2 Å². The molecular weight excluding hydrogens is 713 g/mol. The molecule has 57 heavy (non-hydrogen) atoms. The highest BCUT2D eigenvalue weighted by molar-refractivity contribution is 6.06. The lowest BCUT2D eigenvalue weighted by Gasteiger charge is -2.17. The van der Waals surface area contributed by atoms with Gasteiger partial charge < -0.3 is 15.6 Å². The van der Waals surface area contributed by atoms with E-state index in [1.807, 2.05) is 111 Å². The van der Waals surface area contributed by atoms with E-state index in [2.05, 4.69) is 63.2 Å². The van der Waals surface area contributed by atoms with Crippen LogP contribution in [0.1, 0.15) is 90.3 Å². The molecule has 0 saturated carbocycles. The number of carbonyl (C=O) groups excluding carboxylic acids is 2. The maximum Gasteiger partial charge on any atom is 0.255 e. The lowest BCUT2D eigenvalue weighted by molar-refractivity contribution is 0.101. The minimum Gasteiger partial charge on any atom is -0.322 e. The van der Waals surface area contributed by atoms with Gasteiger partial charge in [-0.15, -0.1) is 19.5 Å². The summed E-state index contributed by atoms with van der Waals surface area (Å²) in [6.07, 6.45) is 2.10. The summed E-state index contributed by atoms with van der Waals surface area (Å²) in [6, 6.07) is 30.1. The maximum absolute atomic E-state index is 12.9. The number of hydrogen-bond acceptors (Lipinski definition) is 7. The number of aryl methyl sites for hydroxylation is 2. The molecule has 12 heteroatoms. The number of anilines is 2. The van der Waals surface area contributed by atoms with Crippen LogP contribution in [0.25, 0.3) is 40.1 Å². The van der Waals surface area contributed by atoms with Crippen molar-refractivity contribution < 1.29 is 9.59 Å². The van der Waals surface area contributed by atoms with E-state index in [0.717, 1.165) is 50.1 Å². The van der Waals surface area contributed by atoms with Gasteiger partial charge in [0, 0.05) is 55.2 Å². The number of aromatic nitrogens is 8. The molecule has 12 nitrogen and oxygen atoms in total. The normalized spacial score (nSPS) is 12.5. The first kappa shape index (κ1) is 37.0. The van der Waals surface area contributed by atoms with Crippen LogP contribution in [0.5, 0.6) is 0 Å². The number of amides is 2. The molecular formula is C45H44N10O2. The smallest absolute Gasteiger partial charge is 0.255 e. The highest BCUT2D eigenvalue weighted by Crippen LogP contribution is 2.30. The molecule has 0 aliphatic heterocycles. The van der Waals surface area contributed by atoms with Crippen LogP contribution in [0.15, 0.2) is 97.1 Å². The quantitative estimate of drug-likeness (QED) is 0.149. The molecule has 0 radical (unpaired) electrons. The summed E-state index contributed by atoms with van der Waals surface area (Å²) in [5.41, 5.74) is 9.38. The molecule has 8 rings (SSSR count). The molecule has 0 fully saturated rings. The Morgan fingerprint density at radius 1 is 0.614 bits per heavy atom. The zero-order chi connectivity index (χ0) is 40.2. The summed E-state index contributed by atoms with van der Waals surface area (Å²) in [6.45, 7) is 16.6. The van der Waals surface area contributed by atoms with Gasteiger partial charge in [0.2, 0.25) is 0 Å². The van der Waals surface area contributed by atoms with Crippen LogP contribution in [-0.2, 0) is 10.8 Å². The number of aromatic amines is 1. The van der Waals surface area contributed by atoms with E-state index in [4.69, 9.17) is 25.4 Å². The zero-order valence-corrected chi connectivity index (χ0v) is 33.3. The Balaban J connectivity index is 1.14. The van der Waals surface area contributed by atoms with Gasteiger partial charge in [-0.1, -0.05) is 77.9 Å². The van der Waals surface area contributed by atoms with Crippen LogP contribution in [0.2, 0.25) is 0 Å². The molecule has 0 saturated heterocycles. The number of H-pyrrole nitrogens is 1. The highest BCUT2D eigenvalue weighted by atomic mass is 16.2. The van der Waals surface area contributed by atoms with Crippen molar-refractivity contribution in [3.63, 3.8) is 0 Å². The fraction of sp³-hybridized carbons (Fsp3) is 0.222. The summed E-state index contributed by atoms with van der Waals surface area (Å²) in [7, 11) is 0. The van der Waals surface area contributed by atoms with Gasteiger partial charge in [0.25, 0.3) is 11.8 Å². The van der Waals surface area contributed by atoms with Crippen molar-refractivity contribution in [2.24, 2.45) is 0 Å². The van der Waals surface area contributed by atoms with Gasteiger partial charge in [-0.05, 0) is 91.7 Å². The van der Waals surface area contributed by atoms with E-state index < -0.39 is 0 Å². The fourth-order valence-corrected chi connectivity index (χ4v) is 6.88. The van der Waals surface area contributed by atoms with Gasteiger partial charge in [-0.25, -0.2) is 4.98 Å². The first-order chi connectivity index (χ1) is 27.1. The number of rotatable bonds is 7. The Hall–Kier alpha value is -6.95. The topological polar surface area (TPSA) is 147 Å². The van der Waals surface area contributed by atoms with Gasteiger partial charge in [-0.3, -0.25) is 9.59 Å². The zero-order valence-electron chi connectivity index (χ0n) is 33.3. The first-order valence-electron chi connectivity index (χ1n) is 18.9. The van der Waals surface area contributed by atoms with Crippen LogP contribution < -0.4 is 15.9 Å². The number of nitrogens with zero attached hydrogens (tertiary/aromatic N) is 7. The molecule has 2 amide bonds. The molecule has 3 N–H and O–H groups in total. The third-order valence-electron chi connectivity index (χ3n) is 9.92. The number of fused-ring (bicyclic) bond motifs is 2. The van der Waals surface area contributed by atoms with Crippen molar-refractivity contribution in [1.29, 1.82) is 0 Å². The molecule has 0 bridgehead atoms. The second kappa shape index (κ2) is 14.0. The van der Waals surface area contributed by atoms with Crippen molar-refractivity contribution >= 4 is 40.6 Å². The maximum atomic E-state index is 12.9. The monoisotopic (exact) mass is 756 g/mol. The minimum absolute atomic E-state index is 0.157. The molecule has 0 aliphatic rings. The number of hydrogen-bond donors (Lipinski definition) is 3. The number of carbonyl (C=O) groups is 2. The summed E-state index contributed by atoms with van der Waals surface area (Å²) >= 11 is 0. The molecule has 0 aliphatic carbocycles. The average Bonchev–Trinajstić information content (AvgIpc) is 3.93. The summed E-state index contributed by atoms with van der Waals surface area (Å²) < 4.78 is 3.25. The standard InChI is InChI=1S/C45H44N10O2/c1-26-13-9-11-15-32(26)42(56)46-30-21-17-28(18-22-30)38-48-40-34(36(44(3,4)5)50-54(40)52-38)25-35-37(45(6,7)8)51-55-41(35)49-39(53-55)29-19-23-31(24-20-29)47-43(57)33-16-12-10-14-27(33)2/h9-25H,1-8H3,(H,46,56)(H,47,57)(H,48,52)/b35-25-. The van der Waals surface area contributed by atoms with E-state index in [-0.39, 0.29) is 22.6 Å². The third kappa shape index (κ3) is 7.17. The van der Waals surface area contributed by atoms with Crippen molar-refractivity contribution in [2.75, 3.05) is 10.6 Å². The van der Waals surface area contributed by atoms with E-state index in [1.165, 1.54) is 0 Å². The fourth-order valence-electron chi connectivity index (χ4n) is 6.88. The molecule has 4 heterocycles. The average molecular weight is 757 g/mol. The Bertz CT molecular complexity index is 2870. The second-order valence-corrected chi connectivity index (χ2v) is 16.4. The molecule has 0 spiro atoms. The van der Waals surface area contributed by atoms with Gasteiger partial charge in [-0.2, -0.15) is 10.2 Å². The van der Waals surface area contributed by atoms with Crippen LogP contribution >= 0.6 is 0 Å². The third-order valence-corrected chi connectivity index (χ3v) is 9.92. The Kier molecular flexibility index (Phi) is 9.06. The van der Waals surface area contributed by atoms with Crippen molar-refractivity contribution in [1.82, 2.24) is 39.6 Å². The van der Waals surface area contributed by atoms with E-state index in [9.17, 15) is 9.59 Å². The molecule has 286 valence electrons. The summed E-state index contributed by atoms with van der Waals surface area (Å²) in [5, 5.41) is 26.4. The molecule has 4 aromatic heterocycles. The van der Waals surface area contributed by atoms with E-state index in [1.54, 1.807) is 9.26 Å². The second-order valence-electron chi connectivity index (χ2n) is 16.4. The van der Waals surface area contributed by atoms with E-state index >= 15 is 0 Å². The van der Waals surface area contributed by atoms with Gasteiger partial charge >= 0.3 is 0 Å². The molecule has 0 unspecified atom stereocenters. The minimum atomic E-state index is -0.324. The predicted molar refractivity (Wildman–Crippen MR) is 223 cm³/mol. The number of nitrogens with one attached hydrogen (secondary N) is 3. The SMILES string of the molecule is Cc1ccccc1C(=O)Nc1ccc(-c2nc3/c(=C\c4c(C(C)(C)C)nn5nc(-c6ccc(NC(=O)c7ccccc7C)cc6)[nH]c45)c(C(C)(C)C)nn3n2)cc1. The van der Waals surface area contributed by atoms with Gasteiger partial charge in [0.1, 0.15) is 0 Å². The van der Waals surface area contributed by atoms with Crippen LogP contribution in [0, 0.1) is 13.8 Å². The van der Waals surface area contributed by atoms with Crippen LogP contribution in [-0.4, -0.2) is 51.4 Å². The van der Waals surface area contributed by atoms with Crippen molar-refractivity contribution in [3.8, 4) is 22.8 Å². The van der Waals surface area contributed by atoms with E-state index in [0.29, 0.717) is 39.8 Å². The lowest BCUT2D eigenvalue weighted by atomic mass is 9.88. The Morgan fingerprint density at radius 2 is 1.12 bits per heavy atom.